The van der Waals surface area contributed by atoms with Crippen molar-refractivity contribution in [2.45, 2.75) is 18.9 Å². The van der Waals surface area contributed by atoms with Gasteiger partial charge in [-0.1, -0.05) is 58.4 Å². The Balaban J connectivity index is 1.90. The van der Waals surface area contributed by atoms with Gasteiger partial charge in [-0.3, -0.25) is 4.79 Å². The number of halogens is 2. The quantitative estimate of drug-likeness (QED) is 0.770. The van der Waals surface area contributed by atoms with Crippen molar-refractivity contribution in [3.8, 4) is 0 Å². The highest BCUT2D eigenvalue weighted by Crippen LogP contribution is 2.12. The number of amides is 1. The standard InChI is InChI=1S/C17H17BrClNO/c18-15-8-4-7-14(9-15)11-17(21)20-16(12-19)10-13-5-2-1-3-6-13/h1-9,16H,10-12H2,(H,20,21). The minimum absolute atomic E-state index is 0.00492. The van der Waals surface area contributed by atoms with Crippen LogP contribution < -0.4 is 5.32 Å². The Labute approximate surface area is 138 Å². The molecule has 2 aromatic carbocycles. The Hall–Kier alpha value is -1.32. The van der Waals surface area contributed by atoms with Crippen LogP contribution in [-0.2, 0) is 17.6 Å². The fourth-order valence-corrected chi connectivity index (χ4v) is 2.79. The molecule has 4 heteroatoms. The maximum atomic E-state index is 12.1. The van der Waals surface area contributed by atoms with Gasteiger partial charge in [0.05, 0.1) is 6.42 Å². The van der Waals surface area contributed by atoms with Crippen molar-refractivity contribution in [3.05, 3.63) is 70.2 Å². The average Bonchev–Trinajstić information content (AvgIpc) is 2.47. The molecule has 0 aliphatic heterocycles. The van der Waals surface area contributed by atoms with Crippen LogP contribution in [0.2, 0.25) is 0 Å². The van der Waals surface area contributed by atoms with Gasteiger partial charge >= 0.3 is 0 Å². The lowest BCUT2D eigenvalue weighted by Gasteiger charge is -2.16. The first-order valence-corrected chi connectivity index (χ1v) is 8.14. The van der Waals surface area contributed by atoms with Gasteiger partial charge in [0.15, 0.2) is 0 Å². The molecule has 1 unspecified atom stereocenters. The summed E-state index contributed by atoms with van der Waals surface area (Å²) in [4.78, 5) is 12.1. The van der Waals surface area contributed by atoms with E-state index in [0.717, 1.165) is 16.5 Å². The number of carbonyl (C=O) groups is 1. The van der Waals surface area contributed by atoms with Crippen LogP contribution >= 0.6 is 27.5 Å². The van der Waals surface area contributed by atoms with Crippen molar-refractivity contribution in [3.63, 3.8) is 0 Å². The zero-order valence-electron chi connectivity index (χ0n) is 11.6. The molecule has 0 radical (unpaired) electrons. The molecular formula is C17H17BrClNO. The van der Waals surface area contributed by atoms with E-state index in [1.165, 1.54) is 5.56 Å². The topological polar surface area (TPSA) is 29.1 Å². The van der Waals surface area contributed by atoms with Gasteiger partial charge in [0.25, 0.3) is 0 Å². The first-order chi connectivity index (χ1) is 10.2. The molecule has 0 fully saturated rings. The van der Waals surface area contributed by atoms with Crippen molar-refractivity contribution in [2.75, 3.05) is 5.88 Å². The second-order valence-electron chi connectivity index (χ2n) is 4.92. The van der Waals surface area contributed by atoms with Crippen LogP contribution in [0.1, 0.15) is 11.1 Å². The second kappa shape index (κ2) is 8.20. The number of rotatable bonds is 6. The summed E-state index contributed by atoms with van der Waals surface area (Å²) in [7, 11) is 0. The van der Waals surface area contributed by atoms with Crippen molar-refractivity contribution in [1.29, 1.82) is 0 Å². The highest BCUT2D eigenvalue weighted by atomic mass is 79.9. The highest BCUT2D eigenvalue weighted by molar-refractivity contribution is 9.10. The summed E-state index contributed by atoms with van der Waals surface area (Å²) >= 11 is 9.38. The zero-order chi connectivity index (χ0) is 15.1. The molecule has 0 aliphatic carbocycles. The highest BCUT2D eigenvalue weighted by Gasteiger charge is 2.12. The van der Waals surface area contributed by atoms with E-state index < -0.39 is 0 Å². The van der Waals surface area contributed by atoms with Crippen LogP contribution in [0.5, 0.6) is 0 Å². The van der Waals surface area contributed by atoms with E-state index in [2.05, 4.69) is 21.2 Å². The van der Waals surface area contributed by atoms with Gasteiger partial charge in [-0.2, -0.15) is 0 Å². The fraction of sp³-hybridized carbons (Fsp3) is 0.235. The van der Waals surface area contributed by atoms with E-state index in [4.69, 9.17) is 11.6 Å². The summed E-state index contributed by atoms with van der Waals surface area (Å²) < 4.78 is 0.978. The van der Waals surface area contributed by atoms with E-state index in [1.807, 2.05) is 54.6 Å². The largest absolute Gasteiger partial charge is 0.352 e. The fourth-order valence-electron chi connectivity index (χ4n) is 2.15. The molecule has 0 saturated carbocycles. The SMILES string of the molecule is O=C(Cc1cccc(Br)c1)NC(CCl)Cc1ccccc1. The van der Waals surface area contributed by atoms with E-state index >= 15 is 0 Å². The van der Waals surface area contributed by atoms with Crippen molar-refractivity contribution in [1.82, 2.24) is 5.32 Å². The van der Waals surface area contributed by atoms with Gasteiger partial charge in [0.1, 0.15) is 0 Å². The summed E-state index contributed by atoms with van der Waals surface area (Å²) in [6.45, 7) is 0. The van der Waals surface area contributed by atoms with Gasteiger partial charge in [-0.05, 0) is 29.7 Å². The van der Waals surface area contributed by atoms with Crippen molar-refractivity contribution < 1.29 is 4.79 Å². The van der Waals surface area contributed by atoms with Gasteiger partial charge in [-0.25, -0.2) is 0 Å². The van der Waals surface area contributed by atoms with Crippen LogP contribution in [0.3, 0.4) is 0 Å². The minimum atomic E-state index is -0.0475. The molecule has 0 aliphatic rings. The molecular weight excluding hydrogens is 350 g/mol. The Morgan fingerprint density at radius 3 is 2.48 bits per heavy atom. The summed E-state index contributed by atoms with van der Waals surface area (Å²) in [6.07, 6.45) is 1.11. The predicted molar refractivity (Wildman–Crippen MR) is 90.6 cm³/mol. The molecule has 2 aromatic rings. The van der Waals surface area contributed by atoms with E-state index in [-0.39, 0.29) is 11.9 Å². The Morgan fingerprint density at radius 1 is 1.10 bits per heavy atom. The molecule has 1 N–H and O–H groups in total. The number of carbonyl (C=O) groups excluding carboxylic acids is 1. The lowest BCUT2D eigenvalue weighted by molar-refractivity contribution is -0.121. The summed E-state index contributed by atoms with van der Waals surface area (Å²) in [5.41, 5.74) is 2.15. The van der Waals surface area contributed by atoms with Crippen molar-refractivity contribution in [2.24, 2.45) is 0 Å². The number of nitrogens with one attached hydrogen (secondary N) is 1. The van der Waals surface area contributed by atoms with Gasteiger partial charge in [-0.15, -0.1) is 11.6 Å². The Morgan fingerprint density at radius 2 is 1.81 bits per heavy atom. The van der Waals surface area contributed by atoms with Crippen LogP contribution in [-0.4, -0.2) is 17.8 Å². The molecule has 1 amide bonds. The van der Waals surface area contributed by atoms with Crippen LogP contribution in [0.15, 0.2) is 59.1 Å². The van der Waals surface area contributed by atoms with E-state index in [1.54, 1.807) is 0 Å². The predicted octanol–water partition coefficient (Wildman–Crippen LogP) is 3.96. The smallest absolute Gasteiger partial charge is 0.224 e. The molecule has 1 atom stereocenters. The van der Waals surface area contributed by atoms with Crippen LogP contribution in [0.4, 0.5) is 0 Å². The number of hydrogen-bond donors (Lipinski definition) is 1. The minimum Gasteiger partial charge on any atom is -0.352 e. The molecule has 0 spiro atoms. The van der Waals surface area contributed by atoms with Crippen molar-refractivity contribution >= 4 is 33.4 Å². The third-order valence-corrected chi connectivity index (χ3v) is 4.00. The lowest BCUT2D eigenvalue weighted by atomic mass is 10.1. The molecule has 21 heavy (non-hydrogen) atoms. The molecule has 0 heterocycles. The normalized spacial score (nSPS) is 11.9. The monoisotopic (exact) mass is 365 g/mol. The maximum Gasteiger partial charge on any atom is 0.224 e. The number of hydrogen-bond acceptors (Lipinski definition) is 1. The summed E-state index contributed by atoms with van der Waals surface area (Å²) in [5, 5.41) is 3.00. The van der Waals surface area contributed by atoms with Crippen LogP contribution in [0, 0.1) is 0 Å². The Kier molecular flexibility index (Phi) is 6.27. The maximum absolute atomic E-state index is 12.1. The molecule has 110 valence electrons. The first kappa shape index (κ1) is 16.1. The summed E-state index contributed by atoms with van der Waals surface area (Å²) in [6, 6.07) is 17.8. The number of alkyl halides is 1. The molecule has 2 nitrogen and oxygen atoms in total. The average molecular weight is 367 g/mol. The lowest BCUT2D eigenvalue weighted by Crippen LogP contribution is -2.38. The third-order valence-electron chi connectivity index (χ3n) is 3.13. The van der Waals surface area contributed by atoms with E-state index in [9.17, 15) is 4.79 Å². The zero-order valence-corrected chi connectivity index (χ0v) is 13.9. The molecule has 0 saturated heterocycles. The first-order valence-electron chi connectivity index (χ1n) is 6.81. The molecule has 2 rings (SSSR count). The van der Waals surface area contributed by atoms with Gasteiger partial charge in [0.2, 0.25) is 5.91 Å². The molecule has 0 bridgehead atoms. The summed E-state index contributed by atoms with van der Waals surface area (Å²) in [5.74, 6) is 0.397. The second-order valence-corrected chi connectivity index (χ2v) is 6.14. The molecule has 0 aromatic heterocycles. The number of benzene rings is 2. The third kappa shape index (κ3) is 5.52. The van der Waals surface area contributed by atoms with Gasteiger partial charge in [0, 0.05) is 16.4 Å². The van der Waals surface area contributed by atoms with Crippen LogP contribution in [0.25, 0.3) is 0 Å². The van der Waals surface area contributed by atoms with E-state index in [0.29, 0.717) is 12.3 Å². The Bertz CT molecular complexity index is 588. The van der Waals surface area contributed by atoms with Gasteiger partial charge < -0.3 is 5.32 Å².